The Morgan fingerprint density at radius 3 is 2.56 bits per heavy atom. The van der Waals surface area contributed by atoms with Crippen molar-refractivity contribution in [3.8, 4) is 5.75 Å². The first-order valence-corrected chi connectivity index (χ1v) is 5.92. The van der Waals surface area contributed by atoms with Crippen LogP contribution in [0.3, 0.4) is 0 Å². The van der Waals surface area contributed by atoms with Gasteiger partial charge >= 0.3 is 0 Å². The molecular formula is C15H16FNO. The summed E-state index contributed by atoms with van der Waals surface area (Å²) in [5.41, 5.74) is 2.00. The van der Waals surface area contributed by atoms with Crippen molar-refractivity contribution in [1.82, 2.24) is 5.32 Å². The lowest BCUT2D eigenvalue weighted by Crippen LogP contribution is -2.18. The van der Waals surface area contributed by atoms with Gasteiger partial charge in [0.2, 0.25) is 0 Å². The second-order valence-electron chi connectivity index (χ2n) is 4.32. The van der Waals surface area contributed by atoms with E-state index in [1.165, 1.54) is 12.1 Å². The van der Waals surface area contributed by atoms with Gasteiger partial charge in [0.1, 0.15) is 11.6 Å². The van der Waals surface area contributed by atoms with Gasteiger partial charge in [-0.15, -0.1) is 0 Å². The Labute approximate surface area is 106 Å². The maximum absolute atomic E-state index is 13.1. The van der Waals surface area contributed by atoms with Gasteiger partial charge in [-0.2, -0.15) is 0 Å². The van der Waals surface area contributed by atoms with Gasteiger partial charge in [-0.3, -0.25) is 0 Å². The summed E-state index contributed by atoms with van der Waals surface area (Å²) in [5.74, 6) is 0.0442. The molecule has 3 heteroatoms. The van der Waals surface area contributed by atoms with Gasteiger partial charge in [-0.1, -0.05) is 24.3 Å². The van der Waals surface area contributed by atoms with Crippen LogP contribution in [0.25, 0.3) is 0 Å². The minimum absolute atomic E-state index is 0.0782. The second kappa shape index (κ2) is 5.65. The van der Waals surface area contributed by atoms with Crippen LogP contribution in [0.4, 0.5) is 4.39 Å². The monoisotopic (exact) mass is 245 g/mol. The van der Waals surface area contributed by atoms with E-state index in [2.05, 4.69) is 5.32 Å². The molecule has 0 fully saturated rings. The predicted octanol–water partition coefficient (Wildman–Crippen LogP) is 3.38. The van der Waals surface area contributed by atoms with Crippen LogP contribution < -0.4 is 5.32 Å². The molecule has 0 amide bonds. The summed E-state index contributed by atoms with van der Waals surface area (Å²) in [7, 11) is 0. The Hall–Kier alpha value is -1.87. The number of aromatic hydroxyl groups is 1. The maximum atomic E-state index is 13.1. The number of rotatable bonds is 4. The Kier molecular flexibility index (Phi) is 3.95. The molecule has 2 aromatic rings. The number of hydrogen-bond donors (Lipinski definition) is 2. The first-order chi connectivity index (χ1) is 8.65. The van der Waals surface area contributed by atoms with E-state index in [0.717, 1.165) is 11.1 Å². The normalized spacial score (nSPS) is 12.3. The van der Waals surface area contributed by atoms with Crippen LogP contribution in [0.15, 0.2) is 48.5 Å². The number of phenolic OH excluding ortho intramolecular Hbond substituents is 1. The highest BCUT2D eigenvalue weighted by molar-refractivity contribution is 5.26. The Morgan fingerprint density at radius 1 is 1.17 bits per heavy atom. The van der Waals surface area contributed by atoms with Gasteiger partial charge in [0.15, 0.2) is 0 Å². The molecule has 0 aliphatic rings. The lowest BCUT2D eigenvalue weighted by molar-refractivity contribution is 0.474. The molecule has 2 rings (SSSR count). The van der Waals surface area contributed by atoms with Crippen molar-refractivity contribution in [2.75, 3.05) is 0 Å². The molecule has 0 bridgehead atoms. The molecule has 0 spiro atoms. The lowest BCUT2D eigenvalue weighted by atomic mass is 10.1. The van der Waals surface area contributed by atoms with Crippen LogP contribution in [0.1, 0.15) is 24.1 Å². The van der Waals surface area contributed by atoms with E-state index in [4.69, 9.17) is 0 Å². The summed E-state index contributed by atoms with van der Waals surface area (Å²) in [5, 5.41) is 12.5. The third kappa shape index (κ3) is 3.31. The van der Waals surface area contributed by atoms with Crippen LogP contribution in [0.5, 0.6) is 5.75 Å². The summed E-state index contributed by atoms with van der Waals surface area (Å²) in [6.45, 7) is 2.67. The minimum atomic E-state index is -0.217. The standard InChI is InChI=1S/C15H16FNO/c1-11(13-3-2-4-14(16)9-13)17-10-12-5-7-15(18)8-6-12/h2-9,11,17-18H,10H2,1H3. The van der Waals surface area contributed by atoms with Gasteiger partial charge in [-0.25, -0.2) is 4.39 Å². The third-order valence-electron chi connectivity index (χ3n) is 2.90. The Morgan fingerprint density at radius 2 is 1.89 bits per heavy atom. The highest BCUT2D eigenvalue weighted by atomic mass is 19.1. The molecular weight excluding hydrogens is 229 g/mol. The Bertz CT molecular complexity index is 510. The van der Waals surface area contributed by atoms with Gasteiger partial charge in [0, 0.05) is 12.6 Å². The fourth-order valence-electron chi connectivity index (χ4n) is 1.78. The van der Waals surface area contributed by atoms with Crippen LogP contribution >= 0.6 is 0 Å². The summed E-state index contributed by atoms with van der Waals surface area (Å²) in [4.78, 5) is 0. The highest BCUT2D eigenvalue weighted by Gasteiger charge is 2.05. The molecule has 0 aliphatic heterocycles. The molecule has 1 atom stereocenters. The minimum Gasteiger partial charge on any atom is -0.508 e. The van der Waals surface area contributed by atoms with Crippen LogP contribution in [-0.2, 0) is 6.54 Å². The van der Waals surface area contributed by atoms with E-state index >= 15 is 0 Å². The number of phenols is 1. The van der Waals surface area contributed by atoms with Crippen molar-refractivity contribution in [1.29, 1.82) is 0 Å². The van der Waals surface area contributed by atoms with E-state index in [0.29, 0.717) is 6.54 Å². The molecule has 94 valence electrons. The van der Waals surface area contributed by atoms with E-state index in [1.807, 2.05) is 25.1 Å². The molecule has 0 aromatic heterocycles. The molecule has 0 heterocycles. The molecule has 2 aromatic carbocycles. The van der Waals surface area contributed by atoms with Crippen LogP contribution in [0.2, 0.25) is 0 Å². The third-order valence-corrected chi connectivity index (χ3v) is 2.90. The summed E-state index contributed by atoms with van der Waals surface area (Å²) in [6, 6.07) is 13.7. The van der Waals surface area contributed by atoms with Crippen molar-refractivity contribution in [2.24, 2.45) is 0 Å². The van der Waals surface area contributed by atoms with Crippen molar-refractivity contribution in [2.45, 2.75) is 19.5 Å². The largest absolute Gasteiger partial charge is 0.508 e. The molecule has 18 heavy (non-hydrogen) atoms. The molecule has 0 saturated carbocycles. The fraction of sp³-hybridized carbons (Fsp3) is 0.200. The zero-order valence-electron chi connectivity index (χ0n) is 10.2. The molecule has 2 nitrogen and oxygen atoms in total. The zero-order valence-corrected chi connectivity index (χ0v) is 10.2. The van der Waals surface area contributed by atoms with Crippen molar-refractivity contribution in [3.05, 3.63) is 65.5 Å². The molecule has 2 N–H and O–H groups in total. The van der Waals surface area contributed by atoms with Gasteiger partial charge in [-0.05, 0) is 42.3 Å². The number of halogens is 1. The van der Waals surface area contributed by atoms with E-state index in [9.17, 15) is 9.50 Å². The molecule has 0 aliphatic carbocycles. The van der Waals surface area contributed by atoms with E-state index < -0.39 is 0 Å². The van der Waals surface area contributed by atoms with Gasteiger partial charge in [0.25, 0.3) is 0 Å². The van der Waals surface area contributed by atoms with Crippen LogP contribution in [-0.4, -0.2) is 5.11 Å². The summed E-state index contributed by atoms with van der Waals surface area (Å²) >= 11 is 0. The average Bonchev–Trinajstić information content (AvgIpc) is 2.38. The topological polar surface area (TPSA) is 32.3 Å². The van der Waals surface area contributed by atoms with E-state index in [1.54, 1.807) is 18.2 Å². The number of nitrogens with one attached hydrogen (secondary N) is 1. The molecule has 1 unspecified atom stereocenters. The van der Waals surface area contributed by atoms with Crippen molar-refractivity contribution < 1.29 is 9.50 Å². The lowest BCUT2D eigenvalue weighted by Gasteiger charge is -2.14. The molecule has 0 saturated heterocycles. The number of benzene rings is 2. The maximum Gasteiger partial charge on any atom is 0.123 e. The van der Waals surface area contributed by atoms with Gasteiger partial charge < -0.3 is 10.4 Å². The Balaban J connectivity index is 1.96. The zero-order chi connectivity index (χ0) is 13.0. The smallest absolute Gasteiger partial charge is 0.123 e. The molecule has 0 radical (unpaired) electrons. The number of hydrogen-bond acceptors (Lipinski definition) is 2. The van der Waals surface area contributed by atoms with Crippen molar-refractivity contribution >= 4 is 0 Å². The quantitative estimate of drug-likeness (QED) is 0.865. The first-order valence-electron chi connectivity index (χ1n) is 5.92. The van der Waals surface area contributed by atoms with Crippen LogP contribution in [0, 0.1) is 5.82 Å². The average molecular weight is 245 g/mol. The predicted molar refractivity (Wildman–Crippen MR) is 69.8 cm³/mol. The SMILES string of the molecule is CC(NCc1ccc(O)cc1)c1cccc(F)c1. The second-order valence-corrected chi connectivity index (χ2v) is 4.32. The summed E-state index contributed by atoms with van der Waals surface area (Å²) in [6.07, 6.45) is 0. The van der Waals surface area contributed by atoms with Gasteiger partial charge in [0.05, 0.1) is 0 Å². The summed E-state index contributed by atoms with van der Waals surface area (Å²) < 4.78 is 13.1. The highest BCUT2D eigenvalue weighted by Crippen LogP contribution is 2.15. The fourth-order valence-corrected chi connectivity index (χ4v) is 1.78. The first kappa shape index (κ1) is 12.6. The van der Waals surface area contributed by atoms with E-state index in [-0.39, 0.29) is 17.6 Å². The van der Waals surface area contributed by atoms with Crippen molar-refractivity contribution in [3.63, 3.8) is 0 Å².